The fourth-order valence-electron chi connectivity index (χ4n) is 4.56. The Bertz CT molecular complexity index is 1430. The average Bonchev–Trinajstić information content (AvgIpc) is 2.78. The van der Waals surface area contributed by atoms with Gasteiger partial charge in [0, 0.05) is 11.1 Å². The van der Waals surface area contributed by atoms with Crippen LogP contribution in [0.4, 0.5) is 0 Å². The number of rotatable bonds is 2. The van der Waals surface area contributed by atoms with Gasteiger partial charge in [0.2, 0.25) is 0 Å². The van der Waals surface area contributed by atoms with E-state index in [-0.39, 0.29) is 27.4 Å². The second kappa shape index (κ2) is 10.6. The van der Waals surface area contributed by atoms with Gasteiger partial charge in [-0.1, -0.05) is 131 Å². The van der Waals surface area contributed by atoms with Gasteiger partial charge in [0.15, 0.2) is 17.2 Å². The topological polar surface area (TPSA) is 44.8 Å². The fraction of sp³-hybridized carbons (Fsp3) is 0.471. The highest BCUT2D eigenvalue weighted by molar-refractivity contribution is 7.99. The third-order valence-electron chi connectivity index (χ3n) is 7.13. The lowest BCUT2D eigenvalue weighted by atomic mass is 9.80. The molecule has 0 saturated carbocycles. The Balaban J connectivity index is 2.11. The number of fused-ring (bicyclic) bond motifs is 2. The Labute approximate surface area is 256 Å². The van der Waals surface area contributed by atoms with Crippen molar-refractivity contribution in [2.45, 2.75) is 115 Å². The summed E-state index contributed by atoms with van der Waals surface area (Å²) >= 11 is 8.06. The molecule has 1 heterocycles. The molecule has 0 saturated heterocycles. The van der Waals surface area contributed by atoms with Gasteiger partial charge in [0.1, 0.15) is 0 Å². The van der Waals surface area contributed by atoms with Crippen molar-refractivity contribution in [3.05, 3.63) is 75.8 Å². The molecule has 1 aliphatic rings. The number of halogens is 1. The quantitative estimate of drug-likeness (QED) is 0.269. The van der Waals surface area contributed by atoms with Crippen LogP contribution < -0.4 is 13.6 Å². The van der Waals surface area contributed by atoms with E-state index < -0.39 is 7.82 Å². The second-order valence-electron chi connectivity index (χ2n) is 15.0. The number of hydrogen-bond donors (Lipinski definition) is 0. The summed E-state index contributed by atoms with van der Waals surface area (Å²) in [5.74, 6) is 1.26. The first-order valence-electron chi connectivity index (χ1n) is 14.1. The largest absolute Gasteiger partial charge is 0.647 e. The van der Waals surface area contributed by atoms with Crippen LogP contribution in [0.2, 0.25) is 5.02 Å². The van der Waals surface area contributed by atoms with Crippen LogP contribution in [0, 0.1) is 0 Å². The molecule has 41 heavy (non-hydrogen) atoms. The molecule has 4 rings (SSSR count). The summed E-state index contributed by atoms with van der Waals surface area (Å²) < 4.78 is 33.9. The van der Waals surface area contributed by atoms with E-state index in [1.807, 2.05) is 0 Å². The van der Waals surface area contributed by atoms with Crippen molar-refractivity contribution in [3.8, 4) is 17.2 Å². The zero-order valence-corrected chi connectivity index (χ0v) is 29.0. The monoisotopic (exact) mass is 614 g/mol. The Morgan fingerprint density at radius 1 is 0.659 bits per heavy atom. The number of benzene rings is 3. The van der Waals surface area contributed by atoms with Crippen LogP contribution >= 0.6 is 31.2 Å². The number of hydrogen-bond acceptors (Lipinski definition) is 5. The summed E-state index contributed by atoms with van der Waals surface area (Å²) in [6.45, 7) is 26.0. The van der Waals surface area contributed by atoms with Crippen molar-refractivity contribution in [1.29, 1.82) is 0 Å². The maximum atomic E-state index is 14.8. The van der Waals surface area contributed by atoms with E-state index in [4.69, 9.17) is 25.2 Å². The summed E-state index contributed by atoms with van der Waals surface area (Å²) in [7, 11) is -4.30. The van der Waals surface area contributed by atoms with Gasteiger partial charge in [0.05, 0.1) is 14.8 Å². The van der Waals surface area contributed by atoms with E-state index in [0.717, 1.165) is 20.9 Å². The van der Waals surface area contributed by atoms with E-state index in [0.29, 0.717) is 16.5 Å². The molecule has 7 heteroatoms. The second-order valence-corrected chi connectivity index (χ2v) is 17.9. The highest BCUT2D eigenvalue weighted by Gasteiger charge is 2.42. The van der Waals surface area contributed by atoms with E-state index in [2.05, 4.69) is 107 Å². The van der Waals surface area contributed by atoms with Crippen LogP contribution in [-0.4, -0.2) is 0 Å². The molecular formula is C34H44ClO4PS. The van der Waals surface area contributed by atoms with E-state index in [1.54, 1.807) is 36.0 Å². The van der Waals surface area contributed by atoms with Gasteiger partial charge in [-0.05, 0) is 57.1 Å². The standard InChI is InChI=1S/C34H44ClO4PS/c1-31(2,3)21-17-23(33(7,8)9)29-27(19-21)41-28-20-22(32(4,5)6)18-24(34(10,11)12)30(28)39-40(36,38-29)37-26-16-14-13-15-25(26)35/h13-20H,1-12H3. The maximum Gasteiger partial charge on any atom is 0.647 e. The van der Waals surface area contributed by atoms with Crippen molar-refractivity contribution in [1.82, 2.24) is 0 Å². The number of phosphoric ester groups is 1. The van der Waals surface area contributed by atoms with Crippen molar-refractivity contribution < 1.29 is 18.1 Å². The van der Waals surface area contributed by atoms with Crippen LogP contribution in [0.15, 0.2) is 58.3 Å². The fourth-order valence-corrected chi connectivity index (χ4v) is 7.36. The molecular weight excluding hydrogens is 571 g/mol. The molecule has 0 spiro atoms. The molecule has 0 bridgehead atoms. The van der Waals surface area contributed by atoms with Crippen LogP contribution in [0.5, 0.6) is 17.2 Å². The lowest BCUT2D eigenvalue weighted by Crippen LogP contribution is -2.22. The molecule has 0 aromatic heterocycles. The molecule has 0 fully saturated rings. The van der Waals surface area contributed by atoms with E-state index in [9.17, 15) is 4.57 Å². The summed E-state index contributed by atoms with van der Waals surface area (Å²) in [6, 6.07) is 15.6. The van der Waals surface area contributed by atoms with Crippen molar-refractivity contribution in [2.24, 2.45) is 0 Å². The minimum atomic E-state index is -4.30. The van der Waals surface area contributed by atoms with Gasteiger partial charge in [0.25, 0.3) is 0 Å². The summed E-state index contributed by atoms with van der Waals surface area (Å²) in [5, 5.41) is 0.324. The highest BCUT2D eigenvalue weighted by Crippen LogP contribution is 2.61. The molecule has 0 atom stereocenters. The van der Waals surface area contributed by atoms with Crippen LogP contribution in [-0.2, 0) is 26.2 Å². The molecule has 3 aromatic carbocycles. The SMILES string of the molecule is CC(C)(C)c1cc2c(c(C(C)(C)C)c1)OP(=O)(Oc1ccccc1Cl)Oc1c(cc(C(C)(C)C)cc1C(C)(C)C)S2. The normalized spacial score (nSPS) is 15.5. The number of para-hydroxylation sites is 1. The molecule has 0 N–H and O–H groups in total. The smallest absolute Gasteiger partial charge is 0.384 e. The van der Waals surface area contributed by atoms with E-state index >= 15 is 0 Å². The van der Waals surface area contributed by atoms with Crippen LogP contribution in [0.25, 0.3) is 0 Å². The predicted octanol–water partition coefficient (Wildman–Crippen LogP) is 11.6. The summed E-state index contributed by atoms with van der Waals surface area (Å²) in [5.41, 5.74) is 3.36. The first kappa shape index (κ1) is 31.9. The minimum Gasteiger partial charge on any atom is -0.384 e. The Hall–Kier alpha value is -2.07. The van der Waals surface area contributed by atoms with Gasteiger partial charge in [-0.25, -0.2) is 0 Å². The molecule has 222 valence electrons. The highest BCUT2D eigenvalue weighted by atomic mass is 35.5. The lowest BCUT2D eigenvalue weighted by molar-refractivity contribution is 0.287. The molecule has 0 aliphatic carbocycles. The molecule has 0 amide bonds. The number of phosphoric acid groups is 1. The van der Waals surface area contributed by atoms with Crippen molar-refractivity contribution >= 4 is 31.2 Å². The zero-order chi connectivity index (χ0) is 30.8. The Kier molecular flexibility index (Phi) is 8.22. The zero-order valence-electron chi connectivity index (χ0n) is 26.5. The molecule has 0 radical (unpaired) electrons. The first-order chi connectivity index (χ1) is 18.6. The third-order valence-corrected chi connectivity index (χ3v) is 9.72. The Morgan fingerprint density at radius 3 is 1.44 bits per heavy atom. The molecule has 4 nitrogen and oxygen atoms in total. The first-order valence-corrected chi connectivity index (χ1v) is 16.7. The summed E-state index contributed by atoms with van der Waals surface area (Å²) in [6.07, 6.45) is 0. The maximum absolute atomic E-state index is 14.8. The molecule has 1 aliphatic heterocycles. The van der Waals surface area contributed by atoms with Crippen LogP contribution in [0.3, 0.4) is 0 Å². The van der Waals surface area contributed by atoms with Gasteiger partial charge >= 0.3 is 7.82 Å². The van der Waals surface area contributed by atoms with Crippen molar-refractivity contribution in [2.75, 3.05) is 0 Å². The van der Waals surface area contributed by atoms with Gasteiger partial charge < -0.3 is 13.6 Å². The van der Waals surface area contributed by atoms with Gasteiger partial charge in [-0.2, -0.15) is 4.57 Å². The summed E-state index contributed by atoms with van der Waals surface area (Å²) in [4.78, 5) is 1.75. The lowest BCUT2D eigenvalue weighted by Gasteiger charge is -2.34. The van der Waals surface area contributed by atoms with Gasteiger partial charge in [-0.3, -0.25) is 0 Å². The predicted molar refractivity (Wildman–Crippen MR) is 173 cm³/mol. The van der Waals surface area contributed by atoms with E-state index in [1.165, 1.54) is 11.1 Å². The van der Waals surface area contributed by atoms with Crippen molar-refractivity contribution in [3.63, 3.8) is 0 Å². The average molecular weight is 615 g/mol. The Morgan fingerprint density at radius 2 is 1.07 bits per heavy atom. The van der Waals surface area contributed by atoms with Gasteiger partial charge in [-0.15, -0.1) is 0 Å². The molecule has 0 unspecified atom stereocenters. The minimum absolute atomic E-state index is 0.112. The van der Waals surface area contributed by atoms with Crippen LogP contribution in [0.1, 0.15) is 105 Å². The third kappa shape index (κ3) is 6.95. The molecule has 3 aromatic rings.